The van der Waals surface area contributed by atoms with Crippen molar-refractivity contribution in [2.24, 2.45) is 39.9 Å². The maximum atomic E-state index is 12.6. The van der Waals surface area contributed by atoms with Crippen LogP contribution in [0.3, 0.4) is 0 Å². The topological polar surface area (TPSA) is 74.6 Å². The summed E-state index contributed by atoms with van der Waals surface area (Å²) in [5, 5.41) is 19.6. The van der Waals surface area contributed by atoms with Gasteiger partial charge >= 0.3 is 5.97 Å². The second-order valence-corrected chi connectivity index (χ2v) is 9.70. The first kappa shape index (κ1) is 16.6. The Bertz CT molecular complexity index is 586. The van der Waals surface area contributed by atoms with Gasteiger partial charge in [0.25, 0.3) is 0 Å². The van der Waals surface area contributed by atoms with Crippen LogP contribution in [-0.4, -0.2) is 28.6 Å². The smallest absolute Gasteiger partial charge is 0.306 e. The highest BCUT2D eigenvalue weighted by molar-refractivity contribution is 5.86. The number of hydrogen-bond donors (Lipinski definition) is 2. The van der Waals surface area contributed by atoms with Crippen molar-refractivity contribution in [2.45, 2.75) is 65.2 Å². The predicted molar refractivity (Wildman–Crippen MR) is 89.3 cm³/mol. The SMILES string of the molecule is C[C@]12CCC(=O)[C@](C)(CO)[C@@H]1CC[C@]13C[C@H](CC[C@@H]12)[C@H](C(=O)O)C3. The van der Waals surface area contributed by atoms with Gasteiger partial charge in [-0.15, -0.1) is 0 Å². The maximum Gasteiger partial charge on any atom is 0.306 e. The van der Waals surface area contributed by atoms with Gasteiger partial charge in [-0.3, -0.25) is 9.59 Å². The van der Waals surface area contributed by atoms with Crippen molar-refractivity contribution >= 4 is 11.8 Å². The average Bonchev–Trinajstić information content (AvgIpc) is 2.82. The number of carboxylic acids is 1. The van der Waals surface area contributed by atoms with Crippen LogP contribution in [0, 0.1) is 39.9 Å². The molecular weight excluding hydrogens is 304 g/mol. The molecule has 0 aromatic carbocycles. The first-order chi connectivity index (χ1) is 11.3. The molecule has 4 heteroatoms. The van der Waals surface area contributed by atoms with Crippen molar-refractivity contribution in [1.82, 2.24) is 0 Å². The molecule has 0 amide bonds. The molecule has 4 saturated carbocycles. The van der Waals surface area contributed by atoms with E-state index in [1.807, 2.05) is 6.92 Å². The normalized spacial score (nSPS) is 53.4. The fraction of sp³-hybridized carbons (Fsp3) is 0.900. The van der Waals surface area contributed by atoms with E-state index in [4.69, 9.17) is 0 Å². The summed E-state index contributed by atoms with van der Waals surface area (Å²) in [5.41, 5.74) is -0.355. The number of aliphatic hydroxyl groups excluding tert-OH is 1. The molecular formula is C20H30O4. The highest BCUT2D eigenvalue weighted by Crippen LogP contribution is 2.71. The van der Waals surface area contributed by atoms with Gasteiger partial charge in [0.2, 0.25) is 0 Å². The number of aliphatic carboxylic acids is 1. The Morgan fingerprint density at radius 2 is 1.88 bits per heavy atom. The Labute approximate surface area is 144 Å². The fourth-order valence-electron chi connectivity index (χ4n) is 7.78. The van der Waals surface area contributed by atoms with E-state index < -0.39 is 11.4 Å². The van der Waals surface area contributed by atoms with Crippen LogP contribution in [0.15, 0.2) is 0 Å². The van der Waals surface area contributed by atoms with Crippen molar-refractivity contribution in [1.29, 1.82) is 0 Å². The van der Waals surface area contributed by atoms with E-state index in [1.54, 1.807) is 0 Å². The largest absolute Gasteiger partial charge is 0.481 e. The minimum Gasteiger partial charge on any atom is -0.481 e. The van der Waals surface area contributed by atoms with Crippen LogP contribution in [0.25, 0.3) is 0 Å². The van der Waals surface area contributed by atoms with Crippen LogP contribution in [0.4, 0.5) is 0 Å². The number of carbonyl (C=O) groups is 2. The van der Waals surface area contributed by atoms with Gasteiger partial charge in [0.05, 0.1) is 17.9 Å². The van der Waals surface area contributed by atoms with E-state index in [-0.39, 0.29) is 35.1 Å². The number of carboxylic acid groups (broad SMARTS) is 1. The molecule has 2 N–H and O–H groups in total. The lowest BCUT2D eigenvalue weighted by molar-refractivity contribution is -0.173. The van der Waals surface area contributed by atoms with Crippen LogP contribution < -0.4 is 0 Å². The average molecular weight is 334 g/mol. The highest BCUT2D eigenvalue weighted by Gasteiger charge is 2.66. The third-order valence-electron chi connectivity index (χ3n) is 8.89. The maximum absolute atomic E-state index is 12.6. The van der Waals surface area contributed by atoms with Crippen LogP contribution in [0.5, 0.6) is 0 Å². The molecule has 0 unspecified atom stereocenters. The molecule has 2 bridgehead atoms. The fourth-order valence-corrected chi connectivity index (χ4v) is 7.78. The standard InChI is InChI=1S/C20H30O4/c1-18-7-6-16(22)19(2,11-21)14(18)5-8-20-9-12(3-4-15(18)20)13(10-20)17(23)24/h12-15,21H,3-11H2,1-2H3,(H,23,24)/t12-,13+,14+,15+,18-,19+,20+/m0/s1. The zero-order valence-electron chi connectivity index (χ0n) is 14.9. The van der Waals surface area contributed by atoms with E-state index in [0.29, 0.717) is 18.3 Å². The van der Waals surface area contributed by atoms with Crippen LogP contribution >= 0.6 is 0 Å². The Kier molecular flexibility index (Phi) is 3.49. The molecule has 0 heterocycles. The van der Waals surface area contributed by atoms with Crippen molar-refractivity contribution in [2.75, 3.05) is 6.61 Å². The highest BCUT2D eigenvalue weighted by atomic mass is 16.4. The summed E-state index contributed by atoms with van der Waals surface area (Å²) in [7, 11) is 0. The zero-order valence-corrected chi connectivity index (χ0v) is 14.9. The molecule has 0 saturated heterocycles. The Balaban J connectivity index is 1.71. The summed E-state index contributed by atoms with van der Waals surface area (Å²) in [4.78, 5) is 24.3. The van der Waals surface area contributed by atoms with Crippen molar-refractivity contribution in [3.8, 4) is 0 Å². The number of rotatable bonds is 2. The van der Waals surface area contributed by atoms with Gasteiger partial charge in [0, 0.05) is 6.42 Å². The molecule has 0 aromatic rings. The lowest BCUT2D eigenvalue weighted by Crippen LogP contribution is -2.60. The van der Waals surface area contributed by atoms with Crippen LogP contribution in [-0.2, 0) is 9.59 Å². The molecule has 4 aliphatic carbocycles. The van der Waals surface area contributed by atoms with Gasteiger partial charge in [0.1, 0.15) is 5.78 Å². The summed E-state index contributed by atoms with van der Waals surface area (Å²) >= 11 is 0. The van der Waals surface area contributed by atoms with Crippen LogP contribution in [0.1, 0.15) is 65.2 Å². The molecule has 24 heavy (non-hydrogen) atoms. The van der Waals surface area contributed by atoms with Crippen molar-refractivity contribution in [3.05, 3.63) is 0 Å². The third-order valence-corrected chi connectivity index (χ3v) is 8.89. The third kappa shape index (κ3) is 1.89. The monoisotopic (exact) mass is 334 g/mol. The number of aliphatic hydroxyl groups is 1. The van der Waals surface area contributed by atoms with Crippen LogP contribution in [0.2, 0.25) is 0 Å². The number of hydrogen-bond acceptors (Lipinski definition) is 3. The number of ketones is 1. The molecule has 7 atom stereocenters. The Morgan fingerprint density at radius 3 is 2.54 bits per heavy atom. The molecule has 4 fully saturated rings. The molecule has 1 spiro atoms. The molecule has 0 aromatic heterocycles. The Hall–Kier alpha value is -0.900. The summed E-state index contributed by atoms with van der Waals surface area (Å²) in [6.07, 6.45) is 7.54. The predicted octanol–water partition coefficient (Wildman–Crippen LogP) is 3.27. The van der Waals surface area contributed by atoms with E-state index in [9.17, 15) is 19.8 Å². The first-order valence-corrected chi connectivity index (χ1v) is 9.64. The van der Waals surface area contributed by atoms with E-state index in [2.05, 4.69) is 6.92 Å². The number of carbonyl (C=O) groups excluding carboxylic acids is 1. The van der Waals surface area contributed by atoms with Gasteiger partial charge in [-0.2, -0.15) is 0 Å². The molecule has 4 rings (SSSR count). The number of Topliss-reactive ketones (excluding diaryl/α,β-unsaturated/α-hetero) is 1. The quantitative estimate of drug-likeness (QED) is 0.813. The summed E-state index contributed by atoms with van der Waals surface area (Å²) in [5.74, 6) is 0.573. The van der Waals surface area contributed by atoms with Gasteiger partial charge in [0.15, 0.2) is 0 Å². The van der Waals surface area contributed by atoms with E-state index in [0.717, 1.165) is 44.9 Å². The molecule has 134 valence electrons. The van der Waals surface area contributed by atoms with Crippen molar-refractivity contribution in [3.63, 3.8) is 0 Å². The lowest BCUT2D eigenvalue weighted by Gasteiger charge is -2.63. The summed E-state index contributed by atoms with van der Waals surface area (Å²) in [6.45, 7) is 4.26. The van der Waals surface area contributed by atoms with Gasteiger partial charge < -0.3 is 10.2 Å². The summed E-state index contributed by atoms with van der Waals surface area (Å²) < 4.78 is 0. The molecule has 0 aliphatic heterocycles. The summed E-state index contributed by atoms with van der Waals surface area (Å²) in [6, 6.07) is 0. The molecule has 0 radical (unpaired) electrons. The molecule has 4 nitrogen and oxygen atoms in total. The molecule has 4 aliphatic rings. The second kappa shape index (κ2) is 5.06. The lowest BCUT2D eigenvalue weighted by atomic mass is 9.41. The van der Waals surface area contributed by atoms with E-state index in [1.165, 1.54) is 0 Å². The van der Waals surface area contributed by atoms with Gasteiger partial charge in [-0.05, 0) is 73.5 Å². The zero-order chi connectivity index (χ0) is 17.3. The van der Waals surface area contributed by atoms with Gasteiger partial charge in [-0.1, -0.05) is 13.8 Å². The van der Waals surface area contributed by atoms with Crippen molar-refractivity contribution < 1.29 is 19.8 Å². The minimum absolute atomic E-state index is 0.0494. The minimum atomic E-state index is -0.608. The van der Waals surface area contributed by atoms with E-state index >= 15 is 0 Å². The number of fused-ring (bicyclic) bond motifs is 3. The first-order valence-electron chi connectivity index (χ1n) is 9.64. The van der Waals surface area contributed by atoms with Gasteiger partial charge in [-0.25, -0.2) is 0 Å². The second-order valence-electron chi connectivity index (χ2n) is 9.70. The Morgan fingerprint density at radius 1 is 1.12 bits per heavy atom.